The van der Waals surface area contributed by atoms with Gasteiger partial charge in [-0.25, -0.2) is 0 Å². The number of benzene rings is 11. The van der Waals surface area contributed by atoms with Crippen LogP contribution in [0.15, 0.2) is 253 Å². The van der Waals surface area contributed by atoms with Gasteiger partial charge in [0.25, 0.3) is 0 Å². The molecule has 0 atom stereocenters. The fourth-order valence-electron chi connectivity index (χ4n) is 12.3. The molecule has 0 saturated carbocycles. The van der Waals surface area contributed by atoms with Crippen LogP contribution in [0.5, 0.6) is 0 Å². The van der Waals surface area contributed by atoms with Crippen molar-refractivity contribution >= 4 is 39.0 Å². The number of aryl methyl sites for hydroxylation is 3. The Balaban J connectivity index is 1.02. The molecule has 2 nitrogen and oxygen atoms in total. The molecule has 0 aliphatic heterocycles. The molecule has 12 aromatic rings. The first-order valence-corrected chi connectivity index (χ1v) is 26.3. The van der Waals surface area contributed by atoms with Gasteiger partial charge >= 0.3 is 0 Å². The van der Waals surface area contributed by atoms with E-state index in [9.17, 15) is 0 Å². The predicted octanol–water partition coefficient (Wildman–Crippen LogP) is 20.1. The van der Waals surface area contributed by atoms with Gasteiger partial charge in [0, 0.05) is 39.2 Å². The summed E-state index contributed by atoms with van der Waals surface area (Å²) in [6.45, 7) is 11.4. The molecule has 1 aliphatic carbocycles. The van der Waals surface area contributed by atoms with E-state index in [1.54, 1.807) is 0 Å². The Morgan fingerprint density at radius 1 is 0.320 bits per heavy atom. The van der Waals surface area contributed by atoms with Gasteiger partial charge in [-0.3, -0.25) is 0 Å². The van der Waals surface area contributed by atoms with Crippen molar-refractivity contribution in [1.82, 2.24) is 0 Å². The van der Waals surface area contributed by atoms with Gasteiger partial charge in [0.05, 0.1) is 0 Å². The van der Waals surface area contributed by atoms with E-state index in [0.717, 1.165) is 50.1 Å². The minimum Gasteiger partial charge on any atom is -0.456 e. The Morgan fingerprint density at radius 3 is 1.52 bits per heavy atom. The van der Waals surface area contributed by atoms with Crippen molar-refractivity contribution in [1.29, 1.82) is 0 Å². The third-order valence-electron chi connectivity index (χ3n) is 16.1. The van der Waals surface area contributed by atoms with Gasteiger partial charge < -0.3 is 9.32 Å². The Bertz CT molecular complexity index is 4050. The number of nitrogens with zero attached hydrogens (tertiary/aromatic N) is 1. The average Bonchev–Trinajstić information content (AvgIpc) is 4.00. The predicted molar refractivity (Wildman–Crippen MR) is 316 cm³/mol. The number of furan rings is 1. The van der Waals surface area contributed by atoms with Gasteiger partial charge in [0.1, 0.15) is 11.2 Å². The van der Waals surface area contributed by atoms with Crippen LogP contribution in [0.3, 0.4) is 0 Å². The van der Waals surface area contributed by atoms with E-state index in [4.69, 9.17) is 4.42 Å². The summed E-state index contributed by atoms with van der Waals surface area (Å²) < 4.78 is 7.02. The monoisotopic (exact) mass is 963 g/mol. The molecule has 75 heavy (non-hydrogen) atoms. The van der Waals surface area contributed by atoms with E-state index in [1.807, 2.05) is 0 Å². The van der Waals surface area contributed by atoms with E-state index in [-0.39, 0.29) is 11.3 Å². The van der Waals surface area contributed by atoms with Crippen LogP contribution in [0.4, 0.5) is 17.1 Å². The lowest BCUT2D eigenvalue weighted by molar-refractivity contribution is 0.660. The standard InChI is InChI=1S/C73H57NO/c1-47-21-9-11-28-57(47)59-30-13-15-33-63(59)71(64-34-16-14-31-60(64)58-29-12-10-22-48(58)2)65-44-53(45-69-72(65)70-49(3)23-19-36-68(70)75-69)51-37-39-54(40-38-51)74(55-27-20-26-52(43-55)50-24-7-6-8-25-50)56-41-42-62-61-32-17-18-35-66(61)73(4,5)67(62)46-56/h6-46,71H,1-5H3. The molecule has 0 radical (unpaired) electrons. The maximum atomic E-state index is 7.02. The fraction of sp³-hybridized carbons (Fsp3) is 0.0959. The number of anilines is 3. The topological polar surface area (TPSA) is 16.4 Å². The first kappa shape index (κ1) is 45.9. The lowest BCUT2D eigenvalue weighted by atomic mass is 9.76. The molecule has 11 aromatic carbocycles. The van der Waals surface area contributed by atoms with Crippen LogP contribution in [0.25, 0.3) is 77.6 Å². The molecule has 2 heteroatoms. The second kappa shape index (κ2) is 18.5. The zero-order valence-electron chi connectivity index (χ0n) is 43.1. The normalized spacial score (nSPS) is 12.6. The molecule has 0 spiro atoms. The van der Waals surface area contributed by atoms with Gasteiger partial charge in [-0.2, -0.15) is 0 Å². The summed E-state index contributed by atoms with van der Waals surface area (Å²) in [5.74, 6) is -0.179. The van der Waals surface area contributed by atoms with E-state index in [2.05, 4.69) is 288 Å². The smallest absolute Gasteiger partial charge is 0.136 e. The van der Waals surface area contributed by atoms with Crippen LogP contribution in [0.2, 0.25) is 0 Å². The highest BCUT2D eigenvalue weighted by atomic mass is 16.3. The summed E-state index contributed by atoms with van der Waals surface area (Å²) in [6, 6.07) is 91.6. The van der Waals surface area contributed by atoms with E-state index in [1.165, 1.54) is 89.0 Å². The van der Waals surface area contributed by atoms with Gasteiger partial charge in [-0.15, -0.1) is 0 Å². The molecule has 0 saturated heterocycles. The van der Waals surface area contributed by atoms with E-state index < -0.39 is 0 Å². The van der Waals surface area contributed by atoms with Crippen molar-refractivity contribution in [3.8, 4) is 55.6 Å². The number of fused-ring (bicyclic) bond motifs is 6. The van der Waals surface area contributed by atoms with Crippen LogP contribution in [-0.4, -0.2) is 0 Å². The molecule has 1 aliphatic rings. The lowest BCUT2D eigenvalue weighted by Gasteiger charge is -2.29. The number of rotatable bonds is 10. The van der Waals surface area contributed by atoms with Crippen molar-refractivity contribution in [2.24, 2.45) is 0 Å². The van der Waals surface area contributed by atoms with Crippen molar-refractivity contribution in [2.75, 3.05) is 4.90 Å². The van der Waals surface area contributed by atoms with Crippen LogP contribution in [-0.2, 0) is 5.41 Å². The van der Waals surface area contributed by atoms with Crippen molar-refractivity contribution in [3.05, 3.63) is 293 Å². The molecular formula is C73H57NO. The maximum absolute atomic E-state index is 7.02. The van der Waals surface area contributed by atoms with Crippen LogP contribution in [0.1, 0.15) is 64.3 Å². The largest absolute Gasteiger partial charge is 0.456 e. The first-order chi connectivity index (χ1) is 36.7. The summed E-state index contributed by atoms with van der Waals surface area (Å²) in [4.78, 5) is 2.42. The third-order valence-corrected chi connectivity index (χ3v) is 16.1. The molecule has 0 bridgehead atoms. The van der Waals surface area contributed by atoms with E-state index >= 15 is 0 Å². The SMILES string of the molecule is Cc1ccccc1-c1ccccc1C(c1ccccc1-c1ccccc1C)c1cc(-c2ccc(N(c3cccc(-c4ccccc4)c3)c3ccc4c(c3)C(C)(C)c3ccccc3-4)cc2)cc2oc3cccc(C)c3c12. The first-order valence-electron chi connectivity index (χ1n) is 26.3. The molecule has 0 amide bonds. The summed E-state index contributed by atoms with van der Waals surface area (Å²) in [6.07, 6.45) is 0. The van der Waals surface area contributed by atoms with Gasteiger partial charge in [0.15, 0.2) is 0 Å². The quantitative estimate of drug-likeness (QED) is 0.127. The second-order valence-corrected chi connectivity index (χ2v) is 20.9. The zero-order valence-corrected chi connectivity index (χ0v) is 43.1. The minimum absolute atomic E-state index is 0.145. The molecule has 13 rings (SSSR count). The average molecular weight is 964 g/mol. The summed E-state index contributed by atoms with van der Waals surface area (Å²) in [5, 5.41) is 2.31. The summed E-state index contributed by atoms with van der Waals surface area (Å²) in [5.41, 5.74) is 27.1. The highest BCUT2D eigenvalue weighted by Gasteiger charge is 2.36. The molecular weight excluding hydrogens is 907 g/mol. The Labute approximate surface area is 440 Å². The van der Waals surface area contributed by atoms with Crippen LogP contribution >= 0.6 is 0 Å². The van der Waals surface area contributed by atoms with Gasteiger partial charge in [-0.1, -0.05) is 208 Å². The third kappa shape index (κ3) is 7.88. The van der Waals surface area contributed by atoms with Gasteiger partial charge in [0.2, 0.25) is 0 Å². The Kier molecular flexibility index (Phi) is 11.3. The molecule has 1 heterocycles. The van der Waals surface area contributed by atoms with E-state index in [0.29, 0.717) is 0 Å². The minimum atomic E-state index is -0.179. The fourth-order valence-corrected chi connectivity index (χ4v) is 12.3. The van der Waals surface area contributed by atoms with Crippen LogP contribution in [0, 0.1) is 20.8 Å². The molecule has 360 valence electrons. The maximum Gasteiger partial charge on any atom is 0.136 e. The second-order valence-electron chi connectivity index (χ2n) is 20.9. The molecule has 0 N–H and O–H groups in total. The molecule has 0 unspecified atom stereocenters. The number of hydrogen-bond donors (Lipinski definition) is 0. The molecule has 0 fully saturated rings. The van der Waals surface area contributed by atoms with Gasteiger partial charge in [-0.05, 0) is 176 Å². The van der Waals surface area contributed by atoms with Crippen molar-refractivity contribution < 1.29 is 4.42 Å². The number of hydrogen-bond acceptors (Lipinski definition) is 2. The lowest BCUT2D eigenvalue weighted by Crippen LogP contribution is -2.16. The summed E-state index contributed by atoms with van der Waals surface area (Å²) >= 11 is 0. The van der Waals surface area contributed by atoms with Crippen molar-refractivity contribution in [2.45, 2.75) is 46.0 Å². The zero-order chi connectivity index (χ0) is 50.8. The Hall–Kier alpha value is -8.98. The van der Waals surface area contributed by atoms with Crippen LogP contribution < -0.4 is 4.90 Å². The summed E-state index contributed by atoms with van der Waals surface area (Å²) in [7, 11) is 0. The molecule has 1 aromatic heterocycles. The Morgan fingerprint density at radius 2 is 0.840 bits per heavy atom. The highest BCUT2D eigenvalue weighted by molar-refractivity contribution is 6.10. The highest BCUT2D eigenvalue weighted by Crippen LogP contribution is 2.52. The van der Waals surface area contributed by atoms with Crippen molar-refractivity contribution in [3.63, 3.8) is 0 Å².